The molecule has 61 valence electrons. The molecule has 11 heavy (non-hydrogen) atoms. The predicted molar refractivity (Wildman–Crippen MR) is 39.5 cm³/mol. The van der Waals surface area contributed by atoms with Gasteiger partial charge in [0.1, 0.15) is 0 Å². The maximum Gasteiger partial charge on any atom is 0.152 e. The first-order valence-electron chi connectivity index (χ1n) is 4.40. The van der Waals surface area contributed by atoms with E-state index in [1.807, 2.05) is 0 Å². The molecule has 0 bridgehead atoms. The van der Waals surface area contributed by atoms with E-state index < -0.39 is 6.10 Å². The van der Waals surface area contributed by atoms with Crippen molar-refractivity contribution in [2.24, 2.45) is 11.3 Å². The predicted octanol–water partition coefficient (Wildman–Crippen LogP) is 1.56. The lowest BCUT2D eigenvalue weighted by Gasteiger charge is -2.06. The minimum atomic E-state index is -0.923. The van der Waals surface area contributed by atoms with Crippen LogP contribution in [0.15, 0.2) is 0 Å². The van der Waals surface area contributed by atoms with Crippen LogP contribution < -0.4 is 0 Å². The standard InChI is InChI=1S/C9H13O2/c10-6-8(11)7-5-9(7)3-1-2-4-9/h6-8H,1-5H2. The quantitative estimate of drug-likeness (QED) is 0.555. The Hall–Kier alpha value is -0.370. The average molecular weight is 153 g/mol. The summed E-state index contributed by atoms with van der Waals surface area (Å²) in [7, 11) is 0. The van der Waals surface area contributed by atoms with Gasteiger partial charge in [-0.3, -0.25) is 0 Å². The highest BCUT2D eigenvalue weighted by Gasteiger charge is 2.58. The number of aldehydes is 1. The van der Waals surface area contributed by atoms with Gasteiger partial charge < -0.3 is 4.79 Å². The van der Waals surface area contributed by atoms with Crippen LogP contribution in [0.2, 0.25) is 0 Å². The zero-order valence-electron chi connectivity index (χ0n) is 6.58. The Kier molecular flexibility index (Phi) is 1.53. The molecule has 2 atom stereocenters. The zero-order chi connectivity index (χ0) is 7.90. The van der Waals surface area contributed by atoms with E-state index in [1.165, 1.54) is 25.7 Å². The van der Waals surface area contributed by atoms with Crippen molar-refractivity contribution in [3.05, 3.63) is 0 Å². The van der Waals surface area contributed by atoms with Gasteiger partial charge in [-0.15, -0.1) is 0 Å². The number of hydrogen-bond acceptors (Lipinski definition) is 1. The van der Waals surface area contributed by atoms with Crippen LogP contribution >= 0.6 is 0 Å². The van der Waals surface area contributed by atoms with Crippen LogP contribution in [0.4, 0.5) is 0 Å². The zero-order valence-corrected chi connectivity index (χ0v) is 6.58. The summed E-state index contributed by atoms with van der Waals surface area (Å²) < 4.78 is 0. The number of carbonyl (C=O) groups excluding carboxylic acids is 1. The van der Waals surface area contributed by atoms with Crippen LogP contribution in [0.25, 0.3) is 0 Å². The molecule has 0 aliphatic heterocycles. The largest absolute Gasteiger partial charge is 0.300 e. The van der Waals surface area contributed by atoms with E-state index in [1.54, 1.807) is 0 Å². The van der Waals surface area contributed by atoms with Gasteiger partial charge in [0, 0.05) is 5.92 Å². The lowest BCUT2D eigenvalue weighted by Crippen LogP contribution is -2.13. The molecule has 2 nitrogen and oxygen atoms in total. The maximum absolute atomic E-state index is 11.1. The van der Waals surface area contributed by atoms with Gasteiger partial charge in [0.2, 0.25) is 0 Å². The monoisotopic (exact) mass is 153 g/mol. The molecule has 0 amide bonds. The van der Waals surface area contributed by atoms with Crippen LogP contribution in [0.1, 0.15) is 32.1 Å². The second-order valence-electron chi connectivity index (χ2n) is 3.98. The van der Waals surface area contributed by atoms with Crippen molar-refractivity contribution in [3.63, 3.8) is 0 Å². The third-order valence-electron chi connectivity index (χ3n) is 3.38. The first-order valence-corrected chi connectivity index (χ1v) is 4.40. The third kappa shape index (κ3) is 1.00. The summed E-state index contributed by atoms with van der Waals surface area (Å²) in [4.78, 5) is 10.2. The van der Waals surface area contributed by atoms with E-state index in [4.69, 9.17) is 0 Å². The molecule has 2 aliphatic rings. The number of hydrogen-bond donors (Lipinski definition) is 0. The van der Waals surface area contributed by atoms with Crippen molar-refractivity contribution < 1.29 is 9.90 Å². The molecule has 0 aromatic heterocycles. The fraction of sp³-hybridized carbons (Fsp3) is 0.889. The third-order valence-corrected chi connectivity index (χ3v) is 3.38. The van der Waals surface area contributed by atoms with Crippen molar-refractivity contribution in [2.75, 3.05) is 0 Å². The lowest BCUT2D eigenvalue weighted by atomic mass is 10.00. The van der Waals surface area contributed by atoms with Crippen LogP contribution in [0.5, 0.6) is 0 Å². The maximum atomic E-state index is 11.1. The van der Waals surface area contributed by atoms with Gasteiger partial charge in [-0.25, -0.2) is 5.11 Å². The molecule has 2 saturated carbocycles. The topological polar surface area (TPSA) is 37.0 Å². The fourth-order valence-electron chi connectivity index (χ4n) is 2.59. The van der Waals surface area contributed by atoms with E-state index >= 15 is 0 Å². The highest BCUT2D eigenvalue weighted by Crippen LogP contribution is 2.63. The molecule has 0 aromatic carbocycles. The lowest BCUT2D eigenvalue weighted by molar-refractivity contribution is -0.119. The van der Waals surface area contributed by atoms with Crippen LogP contribution in [-0.4, -0.2) is 12.4 Å². The Bertz CT molecular complexity index is 170. The second kappa shape index (κ2) is 2.31. The van der Waals surface area contributed by atoms with Gasteiger partial charge in [-0.2, -0.15) is 0 Å². The van der Waals surface area contributed by atoms with Crippen LogP contribution in [0.3, 0.4) is 0 Å². The summed E-state index contributed by atoms with van der Waals surface area (Å²) in [5.74, 6) is 0.197. The molecule has 2 heteroatoms. The first-order chi connectivity index (χ1) is 5.28. The van der Waals surface area contributed by atoms with Gasteiger partial charge in [-0.1, -0.05) is 12.8 Å². The van der Waals surface area contributed by atoms with Gasteiger partial charge in [-0.05, 0) is 24.7 Å². The molecule has 0 aromatic rings. The highest BCUT2D eigenvalue weighted by atomic mass is 16.3. The number of rotatable bonds is 2. The molecular formula is C9H13O2. The van der Waals surface area contributed by atoms with E-state index in [0.717, 1.165) is 6.42 Å². The van der Waals surface area contributed by atoms with E-state index in [-0.39, 0.29) is 5.92 Å². The van der Waals surface area contributed by atoms with Crippen molar-refractivity contribution in [2.45, 2.75) is 38.2 Å². The normalized spacial score (nSPS) is 35.5. The van der Waals surface area contributed by atoms with Gasteiger partial charge in [0.25, 0.3) is 0 Å². The van der Waals surface area contributed by atoms with Crippen molar-refractivity contribution >= 4 is 6.29 Å². The molecule has 2 rings (SSSR count). The fourth-order valence-corrected chi connectivity index (χ4v) is 2.59. The second-order valence-corrected chi connectivity index (χ2v) is 3.98. The Morgan fingerprint density at radius 2 is 2.00 bits per heavy atom. The summed E-state index contributed by atoms with van der Waals surface area (Å²) in [5, 5.41) is 11.1. The average Bonchev–Trinajstić information content (AvgIpc) is 2.48. The molecule has 0 saturated heterocycles. The smallest absolute Gasteiger partial charge is 0.152 e. The Morgan fingerprint density at radius 1 is 1.36 bits per heavy atom. The summed E-state index contributed by atoms with van der Waals surface area (Å²) in [6.45, 7) is 0. The summed E-state index contributed by atoms with van der Waals surface area (Å²) in [6, 6.07) is 0. The molecule has 1 spiro atoms. The van der Waals surface area contributed by atoms with Crippen molar-refractivity contribution in [3.8, 4) is 0 Å². The molecule has 0 N–H and O–H groups in total. The molecule has 2 aliphatic carbocycles. The minimum Gasteiger partial charge on any atom is -0.300 e. The van der Waals surface area contributed by atoms with Gasteiger partial charge in [0.15, 0.2) is 12.4 Å². The summed E-state index contributed by atoms with van der Waals surface area (Å²) in [5.41, 5.74) is 0.341. The van der Waals surface area contributed by atoms with E-state index in [2.05, 4.69) is 0 Å². The Balaban J connectivity index is 1.97. The molecule has 2 fully saturated rings. The minimum absolute atomic E-state index is 0.197. The highest BCUT2D eigenvalue weighted by molar-refractivity contribution is 5.57. The molecular weight excluding hydrogens is 140 g/mol. The summed E-state index contributed by atoms with van der Waals surface area (Å²) in [6.07, 6.45) is 5.61. The first kappa shape index (κ1) is 7.29. The Morgan fingerprint density at radius 3 is 2.55 bits per heavy atom. The van der Waals surface area contributed by atoms with Crippen LogP contribution in [-0.2, 0) is 9.90 Å². The van der Waals surface area contributed by atoms with Crippen LogP contribution in [0, 0.1) is 11.3 Å². The SMILES string of the molecule is [O]C(C=O)C1CC12CCCC2. The molecule has 0 heterocycles. The Labute approximate surface area is 66.6 Å². The molecule has 1 radical (unpaired) electrons. The van der Waals surface area contributed by atoms with E-state index in [0.29, 0.717) is 11.7 Å². The molecule has 2 unspecified atom stereocenters. The summed E-state index contributed by atoms with van der Waals surface area (Å²) >= 11 is 0. The van der Waals surface area contributed by atoms with Crippen molar-refractivity contribution in [1.29, 1.82) is 0 Å². The van der Waals surface area contributed by atoms with Gasteiger partial charge in [0.05, 0.1) is 0 Å². The number of carbonyl (C=O) groups is 1. The van der Waals surface area contributed by atoms with Gasteiger partial charge >= 0.3 is 0 Å². The van der Waals surface area contributed by atoms with E-state index in [9.17, 15) is 9.90 Å². The van der Waals surface area contributed by atoms with Crippen molar-refractivity contribution in [1.82, 2.24) is 0 Å².